The molecule has 0 atom stereocenters. The molecule has 1 rings (SSSR count). The number of nitrogens with two attached hydrogens (primary N) is 1. The van der Waals surface area contributed by atoms with E-state index in [1.54, 1.807) is 0 Å². The summed E-state index contributed by atoms with van der Waals surface area (Å²) < 4.78 is 0. The quantitative estimate of drug-likeness (QED) is 0.793. The third kappa shape index (κ3) is 4.03. The number of carbonyl (C=O) groups is 1. The van der Waals surface area contributed by atoms with Gasteiger partial charge in [-0.05, 0) is 37.9 Å². The molecule has 3 N–H and O–H groups in total. The Hall–Kier alpha value is -1.35. The minimum Gasteiger partial charge on any atom is -0.352 e. The Morgan fingerprint density at radius 1 is 1.38 bits per heavy atom. The van der Waals surface area contributed by atoms with Crippen LogP contribution in [-0.4, -0.2) is 12.5 Å². The SMILES string of the molecule is Cc1ccc(CNC(=O)CCCN)c(C)c1. The van der Waals surface area contributed by atoms with Crippen LogP contribution in [-0.2, 0) is 11.3 Å². The maximum atomic E-state index is 11.4. The van der Waals surface area contributed by atoms with Gasteiger partial charge in [-0.1, -0.05) is 23.8 Å². The maximum absolute atomic E-state index is 11.4. The highest BCUT2D eigenvalue weighted by Gasteiger charge is 2.02. The molecule has 88 valence electrons. The summed E-state index contributed by atoms with van der Waals surface area (Å²) in [6.45, 7) is 5.30. The van der Waals surface area contributed by atoms with Gasteiger partial charge < -0.3 is 11.1 Å². The van der Waals surface area contributed by atoms with Crippen LogP contribution in [0.3, 0.4) is 0 Å². The summed E-state index contributed by atoms with van der Waals surface area (Å²) >= 11 is 0. The van der Waals surface area contributed by atoms with E-state index in [0.717, 1.165) is 6.42 Å². The number of rotatable bonds is 5. The molecule has 0 heterocycles. The second kappa shape index (κ2) is 6.28. The number of benzene rings is 1. The van der Waals surface area contributed by atoms with Gasteiger partial charge >= 0.3 is 0 Å². The highest BCUT2D eigenvalue weighted by Crippen LogP contribution is 2.10. The Kier molecular flexibility index (Phi) is 4.99. The number of hydrogen-bond donors (Lipinski definition) is 2. The monoisotopic (exact) mass is 220 g/mol. The zero-order chi connectivity index (χ0) is 12.0. The lowest BCUT2D eigenvalue weighted by Crippen LogP contribution is -2.23. The molecule has 1 aromatic carbocycles. The van der Waals surface area contributed by atoms with Crippen molar-refractivity contribution in [3.05, 3.63) is 34.9 Å². The lowest BCUT2D eigenvalue weighted by Gasteiger charge is -2.08. The van der Waals surface area contributed by atoms with Gasteiger partial charge in [0.2, 0.25) is 5.91 Å². The summed E-state index contributed by atoms with van der Waals surface area (Å²) in [4.78, 5) is 11.4. The van der Waals surface area contributed by atoms with Crippen molar-refractivity contribution in [3.63, 3.8) is 0 Å². The zero-order valence-electron chi connectivity index (χ0n) is 10.0. The molecule has 0 saturated heterocycles. The molecule has 3 nitrogen and oxygen atoms in total. The minimum atomic E-state index is 0.0745. The molecule has 0 saturated carbocycles. The smallest absolute Gasteiger partial charge is 0.220 e. The van der Waals surface area contributed by atoms with Gasteiger partial charge in [0, 0.05) is 13.0 Å². The summed E-state index contributed by atoms with van der Waals surface area (Å²) in [6, 6.07) is 6.25. The average Bonchev–Trinajstić information content (AvgIpc) is 2.25. The summed E-state index contributed by atoms with van der Waals surface area (Å²) in [5.41, 5.74) is 8.99. The van der Waals surface area contributed by atoms with Crippen LogP contribution in [0.1, 0.15) is 29.5 Å². The van der Waals surface area contributed by atoms with Crippen LogP contribution in [0.5, 0.6) is 0 Å². The molecule has 0 unspecified atom stereocenters. The fraction of sp³-hybridized carbons (Fsp3) is 0.462. The third-order valence-corrected chi connectivity index (χ3v) is 2.58. The Bertz CT molecular complexity index is 361. The Morgan fingerprint density at radius 2 is 2.12 bits per heavy atom. The number of aryl methyl sites for hydroxylation is 2. The van der Waals surface area contributed by atoms with Crippen LogP contribution in [0.15, 0.2) is 18.2 Å². The Labute approximate surface area is 97.0 Å². The summed E-state index contributed by atoms with van der Waals surface area (Å²) in [5, 5.41) is 2.90. The maximum Gasteiger partial charge on any atom is 0.220 e. The molecule has 1 aromatic rings. The van der Waals surface area contributed by atoms with E-state index in [9.17, 15) is 4.79 Å². The van der Waals surface area contributed by atoms with Crippen molar-refractivity contribution in [2.75, 3.05) is 6.54 Å². The molecule has 0 aliphatic rings. The van der Waals surface area contributed by atoms with Crippen molar-refractivity contribution < 1.29 is 4.79 Å². The molecule has 0 spiro atoms. The number of carbonyl (C=O) groups excluding carboxylic acids is 1. The largest absolute Gasteiger partial charge is 0.352 e. The first-order chi connectivity index (χ1) is 7.63. The Morgan fingerprint density at radius 3 is 2.75 bits per heavy atom. The molecule has 16 heavy (non-hydrogen) atoms. The lowest BCUT2D eigenvalue weighted by molar-refractivity contribution is -0.121. The van der Waals surface area contributed by atoms with Gasteiger partial charge in [0.05, 0.1) is 0 Å². The zero-order valence-corrected chi connectivity index (χ0v) is 10.0. The normalized spacial score (nSPS) is 10.2. The van der Waals surface area contributed by atoms with Crippen molar-refractivity contribution in [1.82, 2.24) is 5.32 Å². The van der Waals surface area contributed by atoms with E-state index in [4.69, 9.17) is 5.73 Å². The second-order valence-electron chi connectivity index (χ2n) is 4.10. The number of hydrogen-bond acceptors (Lipinski definition) is 2. The third-order valence-electron chi connectivity index (χ3n) is 2.58. The van der Waals surface area contributed by atoms with Crippen LogP contribution in [0, 0.1) is 13.8 Å². The van der Waals surface area contributed by atoms with Crippen LogP contribution in [0.25, 0.3) is 0 Å². The first-order valence-electron chi connectivity index (χ1n) is 5.66. The fourth-order valence-electron chi connectivity index (χ4n) is 1.59. The van der Waals surface area contributed by atoms with Crippen molar-refractivity contribution in [1.29, 1.82) is 0 Å². The molecule has 1 amide bonds. The van der Waals surface area contributed by atoms with Gasteiger partial charge in [0.15, 0.2) is 0 Å². The van der Waals surface area contributed by atoms with Gasteiger partial charge in [-0.2, -0.15) is 0 Å². The van der Waals surface area contributed by atoms with E-state index in [2.05, 4.69) is 37.4 Å². The predicted molar refractivity (Wildman–Crippen MR) is 66.1 cm³/mol. The van der Waals surface area contributed by atoms with E-state index in [1.807, 2.05) is 0 Å². The van der Waals surface area contributed by atoms with Crippen LogP contribution in [0.2, 0.25) is 0 Å². The van der Waals surface area contributed by atoms with Crippen molar-refractivity contribution in [2.24, 2.45) is 5.73 Å². The highest BCUT2D eigenvalue weighted by molar-refractivity contribution is 5.75. The molecule has 0 fully saturated rings. The highest BCUT2D eigenvalue weighted by atomic mass is 16.1. The fourth-order valence-corrected chi connectivity index (χ4v) is 1.59. The average molecular weight is 220 g/mol. The van der Waals surface area contributed by atoms with Gasteiger partial charge in [-0.15, -0.1) is 0 Å². The molecule has 3 heteroatoms. The summed E-state index contributed by atoms with van der Waals surface area (Å²) in [6.07, 6.45) is 1.26. The standard InChI is InChI=1S/C13H20N2O/c1-10-5-6-12(11(2)8-10)9-15-13(16)4-3-7-14/h5-6,8H,3-4,7,9,14H2,1-2H3,(H,15,16). The van der Waals surface area contributed by atoms with Gasteiger partial charge in [-0.3, -0.25) is 4.79 Å². The number of nitrogens with one attached hydrogen (secondary N) is 1. The van der Waals surface area contributed by atoms with E-state index in [-0.39, 0.29) is 5.91 Å². The van der Waals surface area contributed by atoms with Crippen molar-refractivity contribution in [3.8, 4) is 0 Å². The van der Waals surface area contributed by atoms with Gasteiger partial charge in [-0.25, -0.2) is 0 Å². The predicted octanol–water partition coefficient (Wildman–Crippen LogP) is 1.66. The number of amides is 1. The van der Waals surface area contributed by atoms with E-state index < -0.39 is 0 Å². The second-order valence-corrected chi connectivity index (χ2v) is 4.10. The minimum absolute atomic E-state index is 0.0745. The van der Waals surface area contributed by atoms with Gasteiger partial charge in [0.25, 0.3) is 0 Å². The van der Waals surface area contributed by atoms with Crippen molar-refractivity contribution in [2.45, 2.75) is 33.2 Å². The van der Waals surface area contributed by atoms with Crippen LogP contribution >= 0.6 is 0 Å². The Balaban J connectivity index is 2.45. The first-order valence-corrected chi connectivity index (χ1v) is 5.66. The molecule has 0 aliphatic carbocycles. The molecular weight excluding hydrogens is 200 g/mol. The molecule has 0 radical (unpaired) electrons. The van der Waals surface area contributed by atoms with Crippen LogP contribution < -0.4 is 11.1 Å². The molecule has 0 bridgehead atoms. The molecule has 0 aromatic heterocycles. The molecule has 0 aliphatic heterocycles. The lowest BCUT2D eigenvalue weighted by atomic mass is 10.1. The molecular formula is C13H20N2O. The van der Waals surface area contributed by atoms with Crippen LogP contribution in [0.4, 0.5) is 0 Å². The first kappa shape index (κ1) is 12.7. The van der Waals surface area contributed by atoms with E-state index >= 15 is 0 Å². The summed E-state index contributed by atoms with van der Waals surface area (Å²) in [5.74, 6) is 0.0745. The topological polar surface area (TPSA) is 55.1 Å². The van der Waals surface area contributed by atoms with E-state index in [0.29, 0.717) is 19.5 Å². The van der Waals surface area contributed by atoms with E-state index in [1.165, 1.54) is 16.7 Å². The van der Waals surface area contributed by atoms with Gasteiger partial charge in [0.1, 0.15) is 0 Å². The van der Waals surface area contributed by atoms with Crippen molar-refractivity contribution >= 4 is 5.91 Å². The summed E-state index contributed by atoms with van der Waals surface area (Å²) in [7, 11) is 0.